The SMILES string of the molecule is Cc1ccc(C(=O)O)c(OCCCCOc2ccc(C(=O)CC3CCCC3)c(O)c2C)c1. The number of carboxylic acids is 1. The molecule has 3 rings (SSSR count). The summed E-state index contributed by atoms with van der Waals surface area (Å²) >= 11 is 0. The topological polar surface area (TPSA) is 93.1 Å². The van der Waals surface area contributed by atoms with Gasteiger partial charge in [-0.25, -0.2) is 4.79 Å². The van der Waals surface area contributed by atoms with E-state index in [0.717, 1.165) is 18.4 Å². The van der Waals surface area contributed by atoms with Crippen LogP contribution in [-0.4, -0.2) is 35.2 Å². The molecule has 1 saturated carbocycles. The molecule has 2 N–H and O–H groups in total. The lowest BCUT2D eigenvalue weighted by molar-refractivity contribution is 0.0691. The van der Waals surface area contributed by atoms with Gasteiger partial charge in [-0.15, -0.1) is 0 Å². The molecular weight excluding hydrogens is 408 g/mol. The fourth-order valence-corrected chi connectivity index (χ4v) is 4.14. The van der Waals surface area contributed by atoms with Gasteiger partial charge < -0.3 is 19.7 Å². The van der Waals surface area contributed by atoms with Gasteiger partial charge in [0, 0.05) is 12.0 Å². The Morgan fingerprint density at radius 3 is 2.22 bits per heavy atom. The van der Waals surface area contributed by atoms with Gasteiger partial charge in [-0.2, -0.15) is 0 Å². The van der Waals surface area contributed by atoms with Gasteiger partial charge in [0.2, 0.25) is 0 Å². The van der Waals surface area contributed by atoms with Crippen molar-refractivity contribution in [3.63, 3.8) is 0 Å². The third kappa shape index (κ3) is 6.02. The monoisotopic (exact) mass is 440 g/mol. The molecular formula is C26H32O6. The highest BCUT2D eigenvalue weighted by molar-refractivity contribution is 5.99. The molecule has 32 heavy (non-hydrogen) atoms. The van der Waals surface area contributed by atoms with Crippen molar-refractivity contribution in [1.29, 1.82) is 0 Å². The zero-order valence-corrected chi connectivity index (χ0v) is 18.9. The van der Waals surface area contributed by atoms with Crippen molar-refractivity contribution in [2.45, 2.75) is 58.8 Å². The first-order chi connectivity index (χ1) is 15.4. The zero-order valence-electron chi connectivity index (χ0n) is 18.9. The van der Waals surface area contributed by atoms with Crippen molar-refractivity contribution >= 4 is 11.8 Å². The maximum Gasteiger partial charge on any atom is 0.339 e. The number of carbonyl (C=O) groups excluding carboxylic acids is 1. The molecule has 0 aromatic heterocycles. The van der Waals surface area contributed by atoms with E-state index in [1.807, 2.05) is 6.92 Å². The molecule has 0 saturated heterocycles. The van der Waals surface area contributed by atoms with E-state index in [0.29, 0.717) is 61.0 Å². The number of benzene rings is 2. The normalized spacial score (nSPS) is 13.8. The maximum atomic E-state index is 12.6. The summed E-state index contributed by atoms with van der Waals surface area (Å²) in [6.07, 6.45) is 6.46. The number of unbranched alkanes of at least 4 members (excludes halogenated alkanes) is 1. The van der Waals surface area contributed by atoms with Crippen molar-refractivity contribution in [3.8, 4) is 17.2 Å². The predicted molar refractivity (Wildman–Crippen MR) is 122 cm³/mol. The van der Waals surface area contributed by atoms with E-state index in [1.54, 1.807) is 37.3 Å². The minimum atomic E-state index is -1.01. The number of ketones is 1. The van der Waals surface area contributed by atoms with Crippen LogP contribution in [0.2, 0.25) is 0 Å². The molecule has 0 unspecified atom stereocenters. The summed E-state index contributed by atoms with van der Waals surface area (Å²) in [5.41, 5.74) is 2.04. The lowest BCUT2D eigenvalue weighted by Crippen LogP contribution is -2.08. The molecule has 0 amide bonds. The number of carboxylic acid groups (broad SMARTS) is 1. The molecule has 0 atom stereocenters. The number of aryl methyl sites for hydroxylation is 1. The lowest BCUT2D eigenvalue weighted by atomic mass is 9.95. The van der Waals surface area contributed by atoms with E-state index in [4.69, 9.17) is 9.47 Å². The average Bonchev–Trinajstić information content (AvgIpc) is 3.26. The minimum Gasteiger partial charge on any atom is -0.507 e. The molecule has 1 aliphatic rings. The van der Waals surface area contributed by atoms with Crippen LogP contribution in [0.15, 0.2) is 30.3 Å². The van der Waals surface area contributed by atoms with E-state index in [2.05, 4.69) is 0 Å². The van der Waals surface area contributed by atoms with Crippen LogP contribution in [-0.2, 0) is 0 Å². The summed E-state index contributed by atoms with van der Waals surface area (Å²) in [6.45, 7) is 4.45. The van der Waals surface area contributed by atoms with Gasteiger partial charge in [-0.1, -0.05) is 31.7 Å². The number of phenols is 1. The summed E-state index contributed by atoms with van der Waals surface area (Å²) in [5.74, 6) is 0.368. The summed E-state index contributed by atoms with van der Waals surface area (Å²) in [5, 5.41) is 19.8. The number of phenolic OH excluding ortho intramolecular Hbond substituents is 1. The van der Waals surface area contributed by atoms with Crippen molar-refractivity contribution < 1.29 is 29.3 Å². The number of hydrogen-bond donors (Lipinski definition) is 2. The third-order valence-electron chi connectivity index (χ3n) is 6.05. The van der Waals surface area contributed by atoms with Gasteiger partial charge in [0.1, 0.15) is 22.8 Å². The van der Waals surface area contributed by atoms with E-state index in [-0.39, 0.29) is 17.1 Å². The van der Waals surface area contributed by atoms with Crippen LogP contribution in [0.25, 0.3) is 0 Å². The molecule has 2 aromatic rings. The second-order valence-corrected chi connectivity index (χ2v) is 8.57. The van der Waals surface area contributed by atoms with E-state index >= 15 is 0 Å². The Kier molecular flexibility index (Phi) is 8.14. The molecule has 0 spiro atoms. The summed E-state index contributed by atoms with van der Waals surface area (Å²) in [7, 11) is 0. The molecule has 6 nitrogen and oxygen atoms in total. The molecule has 0 aliphatic heterocycles. The number of rotatable bonds is 11. The van der Waals surface area contributed by atoms with Crippen LogP contribution in [0.5, 0.6) is 17.2 Å². The Hall–Kier alpha value is -3.02. The molecule has 0 heterocycles. The van der Waals surface area contributed by atoms with Crippen LogP contribution < -0.4 is 9.47 Å². The second-order valence-electron chi connectivity index (χ2n) is 8.57. The maximum absolute atomic E-state index is 12.6. The van der Waals surface area contributed by atoms with Gasteiger partial charge in [-0.05, 0) is 62.4 Å². The largest absolute Gasteiger partial charge is 0.507 e. The highest BCUT2D eigenvalue weighted by Crippen LogP contribution is 2.34. The van der Waals surface area contributed by atoms with Gasteiger partial charge in [0.25, 0.3) is 0 Å². The number of aromatic carboxylic acids is 1. The Balaban J connectivity index is 1.46. The van der Waals surface area contributed by atoms with Crippen molar-refractivity contribution in [3.05, 3.63) is 52.6 Å². The van der Waals surface area contributed by atoms with Crippen LogP contribution in [0.3, 0.4) is 0 Å². The Morgan fingerprint density at radius 1 is 0.938 bits per heavy atom. The number of Topliss-reactive ketones (excluding diaryl/α,β-unsaturated/α-hetero) is 1. The van der Waals surface area contributed by atoms with Crippen LogP contribution in [0.4, 0.5) is 0 Å². The second kappa shape index (κ2) is 11.0. The van der Waals surface area contributed by atoms with E-state index in [9.17, 15) is 19.8 Å². The first-order valence-corrected chi connectivity index (χ1v) is 11.3. The first-order valence-electron chi connectivity index (χ1n) is 11.3. The van der Waals surface area contributed by atoms with Gasteiger partial charge in [0.05, 0.1) is 18.8 Å². The van der Waals surface area contributed by atoms with Crippen LogP contribution in [0, 0.1) is 19.8 Å². The lowest BCUT2D eigenvalue weighted by Gasteiger charge is -2.14. The molecule has 1 aliphatic carbocycles. The molecule has 2 aromatic carbocycles. The molecule has 0 bridgehead atoms. The highest BCUT2D eigenvalue weighted by atomic mass is 16.5. The Bertz CT molecular complexity index is 959. The number of aromatic hydroxyl groups is 1. The Morgan fingerprint density at radius 2 is 1.56 bits per heavy atom. The standard InChI is InChI=1S/C26H32O6/c1-17-9-10-21(26(29)30)24(15-17)32-14-6-5-13-31-23-12-11-20(25(28)18(23)2)22(27)16-19-7-3-4-8-19/h9-12,15,19,28H,3-8,13-14,16H2,1-2H3,(H,29,30). The highest BCUT2D eigenvalue weighted by Gasteiger charge is 2.22. The average molecular weight is 441 g/mol. The van der Waals surface area contributed by atoms with Gasteiger partial charge >= 0.3 is 5.97 Å². The molecule has 172 valence electrons. The van der Waals surface area contributed by atoms with Crippen molar-refractivity contribution in [2.75, 3.05) is 13.2 Å². The Labute approximate surface area is 189 Å². The summed E-state index contributed by atoms with van der Waals surface area (Å²) in [4.78, 5) is 23.9. The van der Waals surface area contributed by atoms with Crippen LogP contribution >= 0.6 is 0 Å². The number of ether oxygens (including phenoxy) is 2. The zero-order chi connectivity index (χ0) is 23.1. The summed E-state index contributed by atoms with van der Waals surface area (Å²) < 4.78 is 11.5. The quantitative estimate of drug-likeness (QED) is 0.343. The van der Waals surface area contributed by atoms with E-state index in [1.165, 1.54) is 12.8 Å². The smallest absolute Gasteiger partial charge is 0.339 e. The molecule has 6 heteroatoms. The fraction of sp³-hybridized carbons (Fsp3) is 0.462. The van der Waals surface area contributed by atoms with E-state index < -0.39 is 5.97 Å². The van der Waals surface area contributed by atoms with Gasteiger partial charge in [-0.3, -0.25) is 4.79 Å². The van der Waals surface area contributed by atoms with Crippen LogP contribution in [0.1, 0.15) is 76.8 Å². The third-order valence-corrected chi connectivity index (χ3v) is 6.05. The predicted octanol–water partition coefficient (Wildman–Crippen LogP) is 5.71. The first kappa shape index (κ1) is 23.6. The van der Waals surface area contributed by atoms with Crippen molar-refractivity contribution in [2.24, 2.45) is 5.92 Å². The summed E-state index contributed by atoms with van der Waals surface area (Å²) in [6, 6.07) is 8.42. The minimum absolute atomic E-state index is 0.00178. The molecule has 1 fully saturated rings. The van der Waals surface area contributed by atoms with Crippen molar-refractivity contribution in [1.82, 2.24) is 0 Å². The number of hydrogen-bond acceptors (Lipinski definition) is 5. The number of carbonyl (C=O) groups is 2. The van der Waals surface area contributed by atoms with Gasteiger partial charge in [0.15, 0.2) is 5.78 Å². The fourth-order valence-electron chi connectivity index (χ4n) is 4.14. The molecule has 0 radical (unpaired) electrons.